The maximum atomic E-state index is 11.8. The molecule has 0 aromatic carbocycles. The molecule has 0 atom stereocenters. The molecular formula is C12H15N3O2. The van der Waals surface area contributed by atoms with Crippen LogP contribution in [0.5, 0.6) is 0 Å². The molecule has 5 nitrogen and oxygen atoms in total. The summed E-state index contributed by atoms with van der Waals surface area (Å²) >= 11 is 0. The fraction of sp³-hybridized carbons (Fsp3) is 0.417. The number of fused-ring (bicyclic) bond motifs is 1. The number of carbonyl (C=O) groups is 1. The van der Waals surface area contributed by atoms with Gasteiger partial charge in [0.15, 0.2) is 0 Å². The van der Waals surface area contributed by atoms with E-state index in [2.05, 4.69) is 15.5 Å². The Hall–Kier alpha value is -1.91. The Bertz CT molecular complexity index is 546. The van der Waals surface area contributed by atoms with Crippen molar-refractivity contribution in [1.82, 2.24) is 15.5 Å². The number of pyridine rings is 1. The van der Waals surface area contributed by atoms with Gasteiger partial charge in [0.1, 0.15) is 0 Å². The molecule has 1 N–H and O–H groups in total. The van der Waals surface area contributed by atoms with E-state index in [9.17, 15) is 4.79 Å². The molecular weight excluding hydrogens is 218 g/mol. The minimum Gasteiger partial charge on any atom is -0.352 e. The molecule has 0 aliphatic rings. The van der Waals surface area contributed by atoms with Gasteiger partial charge >= 0.3 is 0 Å². The van der Waals surface area contributed by atoms with E-state index in [1.165, 1.54) is 6.20 Å². The van der Waals surface area contributed by atoms with Crippen LogP contribution in [0.3, 0.4) is 0 Å². The number of aryl methyl sites for hydroxylation is 1. The molecule has 2 aromatic heterocycles. The molecule has 1 amide bonds. The van der Waals surface area contributed by atoms with E-state index < -0.39 is 0 Å². The van der Waals surface area contributed by atoms with E-state index in [1.54, 1.807) is 6.07 Å². The Morgan fingerprint density at radius 2 is 2.29 bits per heavy atom. The number of amides is 1. The van der Waals surface area contributed by atoms with Crippen LogP contribution in [0.4, 0.5) is 0 Å². The van der Waals surface area contributed by atoms with Crippen molar-refractivity contribution < 1.29 is 9.32 Å². The molecule has 2 aromatic rings. The summed E-state index contributed by atoms with van der Waals surface area (Å²) < 4.78 is 4.99. The third-order valence-electron chi connectivity index (χ3n) is 2.44. The number of carbonyl (C=O) groups excluding carboxylic acids is 1. The lowest BCUT2D eigenvalue weighted by Gasteiger charge is -2.06. The summed E-state index contributed by atoms with van der Waals surface area (Å²) in [6, 6.07) is 1.75. The van der Waals surface area contributed by atoms with E-state index in [-0.39, 0.29) is 5.91 Å². The molecule has 0 fully saturated rings. The molecule has 17 heavy (non-hydrogen) atoms. The molecule has 90 valence electrons. The summed E-state index contributed by atoms with van der Waals surface area (Å²) in [5.41, 5.74) is 1.73. The third kappa shape index (κ3) is 2.43. The largest absolute Gasteiger partial charge is 0.352 e. The fourth-order valence-electron chi connectivity index (χ4n) is 1.47. The van der Waals surface area contributed by atoms with Crippen LogP contribution in [0.2, 0.25) is 0 Å². The maximum absolute atomic E-state index is 11.8. The van der Waals surface area contributed by atoms with Gasteiger partial charge in [-0.3, -0.25) is 4.79 Å². The molecule has 0 unspecified atom stereocenters. The van der Waals surface area contributed by atoms with Gasteiger partial charge in [-0.1, -0.05) is 19.0 Å². The first-order chi connectivity index (χ1) is 8.08. The van der Waals surface area contributed by atoms with Crippen molar-refractivity contribution in [3.05, 3.63) is 23.5 Å². The second-order valence-electron chi connectivity index (χ2n) is 4.45. The summed E-state index contributed by atoms with van der Waals surface area (Å²) in [6.07, 6.45) is 1.50. The Morgan fingerprint density at radius 1 is 1.53 bits per heavy atom. The highest BCUT2D eigenvalue weighted by Gasteiger charge is 2.11. The van der Waals surface area contributed by atoms with E-state index in [0.717, 1.165) is 11.1 Å². The summed E-state index contributed by atoms with van der Waals surface area (Å²) in [6.45, 7) is 6.57. The number of aromatic nitrogens is 2. The quantitative estimate of drug-likeness (QED) is 0.879. The topological polar surface area (TPSA) is 68.0 Å². The first kappa shape index (κ1) is 11.6. The van der Waals surface area contributed by atoms with Crippen LogP contribution in [-0.2, 0) is 0 Å². The average Bonchev–Trinajstić information content (AvgIpc) is 2.67. The van der Waals surface area contributed by atoms with Crippen LogP contribution in [0.1, 0.15) is 29.9 Å². The number of hydrogen-bond acceptors (Lipinski definition) is 4. The first-order valence-corrected chi connectivity index (χ1v) is 5.58. The zero-order valence-corrected chi connectivity index (χ0v) is 10.2. The van der Waals surface area contributed by atoms with Gasteiger partial charge in [0, 0.05) is 12.7 Å². The molecule has 0 saturated heterocycles. The lowest BCUT2D eigenvalue weighted by atomic mass is 10.2. The highest BCUT2D eigenvalue weighted by atomic mass is 16.5. The average molecular weight is 233 g/mol. The predicted molar refractivity (Wildman–Crippen MR) is 63.7 cm³/mol. The van der Waals surface area contributed by atoms with Gasteiger partial charge in [0.2, 0.25) is 0 Å². The maximum Gasteiger partial charge on any atom is 0.257 e. The molecule has 0 spiro atoms. The molecule has 2 heterocycles. The van der Waals surface area contributed by atoms with Crippen molar-refractivity contribution in [1.29, 1.82) is 0 Å². The lowest BCUT2D eigenvalue weighted by molar-refractivity contribution is 0.0949. The smallest absolute Gasteiger partial charge is 0.257 e. The van der Waals surface area contributed by atoms with Gasteiger partial charge in [-0.25, -0.2) is 4.98 Å². The zero-order valence-electron chi connectivity index (χ0n) is 10.2. The molecule has 0 bridgehead atoms. The van der Waals surface area contributed by atoms with E-state index >= 15 is 0 Å². The first-order valence-electron chi connectivity index (χ1n) is 5.58. The second kappa shape index (κ2) is 4.53. The molecule has 0 saturated carbocycles. The van der Waals surface area contributed by atoms with Gasteiger partial charge in [-0.2, -0.15) is 0 Å². The monoisotopic (exact) mass is 233 g/mol. The normalized spacial score (nSPS) is 11.1. The Kier molecular flexibility index (Phi) is 3.08. The van der Waals surface area contributed by atoms with E-state index in [0.29, 0.717) is 23.7 Å². The zero-order chi connectivity index (χ0) is 12.4. The van der Waals surface area contributed by atoms with Crippen LogP contribution in [0.15, 0.2) is 16.8 Å². The van der Waals surface area contributed by atoms with E-state index in [1.807, 2.05) is 20.8 Å². The van der Waals surface area contributed by atoms with Crippen molar-refractivity contribution in [2.24, 2.45) is 5.92 Å². The minimum atomic E-state index is -0.117. The number of nitrogens with zero attached hydrogens (tertiary/aromatic N) is 2. The molecule has 0 aliphatic carbocycles. The standard InChI is InChI=1S/C12H15N3O2/c1-7(2)5-13-11(16)9-4-10-8(3)15-17-12(10)14-6-9/h4,6-7H,5H2,1-3H3,(H,13,16). The Labute approximate surface area is 99.2 Å². The minimum absolute atomic E-state index is 0.117. The predicted octanol–water partition coefficient (Wildman–Crippen LogP) is 1.92. The molecule has 5 heteroatoms. The summed E-state index contributed by atoms with van der Waals surface area (Å²) in [5, 5.41) is 7.43. The van der Waals surface area contributed by atoms with Gasteiger partial charge in [-0.05, 0) is 18.9 Å². The van der Waals surface area contributed by atoms with Crippen LogP contribution < -0.4 is 5.32 Å². The van der Waals surface area contributed by atoms with Crippen LogP contribution in [-0.4, -0.2) is 22.6 Å². The Balaban J connectivity index is 2.23. The number of rotatable bonds is 3. The van der Waals surface area contributed by atoms with Crippen molar-refractivity contribution >= 4 is 17.0 Å². The fourth-order valence-corrected chi connectivity index (χ4v) is 1.47. The number of nitrogens with one attached hydrogen (secondary N) is 1. The number of hydrogen-bond donors (Lipinski definition) is 1. The van der Waals surface area contributed by atoms with Gasteiger partial charge in [0.05, 0.1) is 16.6 Å². The van der Waals surface area contributed by atoms with Gasteiger partial charge in [0.25, 0.3) is 11.6 Å². The van der Waals surface area contributed by atoms with Crippen LogP contribution in [0, 0.1) is 12.8 Å². The van der Waals surface area contributed by atoms with Crippen LogP contribution in [0.25, 0.3) is 11.1 Å². The van der Waals surface area contributed by atoms with E-state index in [4.69, 9.17) is 4.52 Å². The molecule has 2 rings (SSSR count). The van der Waals surface area contributed by atoms with Crippen molar-refractivity contribution in [3.8, 4) is 0 Å². The van der Waals surface area contributed by atoms with Gasteiger partial charge in [-0.15, -0.1) is 0 Å². The summed E-state index contributed by atoms with van der Waals surface area (Å²) in [7, 11) is 0. The molecule has 0 aliphatic heterocycles. The highest BCUT2D eigenvalue weighted by Crippen LogP contribution is 2.16. The SMILES string of the molecule is Cc1noc2ncc(C(=O)NCC(C)C)cc12. The molecule has 0 radical (unpaired) electrons. The van der Waals surface area contributed by atoms with Gasteiger partial charge < -0.3 is 9.84 Å². The highest BCUT2D eigenvalue weighted by molar-refractivity contribution is 5.96. The van der Waals surface area contributed by atoms with Crippen LogP contribution >= 0.6 is 0 Å². The van der Waals surface area contributed by atoms with Crippen molar-refractivity contribution in [3.63, 3.8) is 0 Å². The summed E-state index contributed by atoms with van der Waals surface area (Å²) in [4.78, 5) is 15.9. The second-order valence-corrected chi connectivity index (χ2v) is 4.45. The lowest BCUT2D eigenvalue weighted by Crippen LogP contribution is -2.27. The summed E-state index contributed by atoms with van der Waals surface area (Å²) in [5.74, 6) is 0.307. The van der Waals surface area contributed by atoms with Crippen molar-refractivity contribution in [2.45, 2.75) is 20.8 Å². The van der Waals surface area contributed by atoms with Crippen molar-refractivity contribution in [2.75, 3.05) is 6.54 Å². The Morgan fingerprint density at radius 3 is 3.00 bits per heavy atom. The third-order valence-corrected chi connectivity index (χ3v) is 2.44.